The van der Waals surface area contributed by atoms with Gasteiger partial charge in [0, 0.05) is 28.3 Å². The van der Waals surface area contributed by atoms with E-state index in [1.165, 1.54) is 11.8 Å². The molecule has 0 saturated heterocycles. The first-order chi connectivity index (χ1) is 16.2. The highest BCUT2D eigenvalue weighted by Gasteiger charge is 2.20. The Morgan fingerprint density at radius 1 is 1.03 bits per heavy atom. The SMILES string of the molecule is COc1ccc(-n2c(SCC(=O)c3sc4ccccc4c3C)nnc2-c2ccncc2)cc1. The second-order valence-electron chi connectivity index (χ2n) is 7.34. The molecule has 5 rings (SSSR count). The summed E-state index contributed by atoms with van der Waals surface area (Å²) in [5, 5.41) is 10.6. The lowest BCUT2D eigenvalue weighted by atomic mass is 10.1. The minimum atomic E-state index is 0.0912. The average Bonchev–Trinajstić information content (AvgIpc) is 3.44. The number of pyridine rings is 1. The molecule has 3 aromatic heterocycles. The number of hydrogen-bond acceptors (Lipinski definition) is 7. The zero-order valence-corrected chi connectivity index (χ0v) is 19.7. The molecule has 0 fully saturated rings. The number of fused-ring (bicyclic) bond motifs is 1. The van der Waals surface area contributed by atoms with Crippen molar-refractivity contribution in [2.45, 2.75) is 12.1 Å². The molecular weight excluding hydrogens is 452 g/mol. The molecule has 164 valence electrons. The number of ketones is 1. The van der Waals surface area contributed by atoms with Crippen LogP contribution in [-0.4, -0.2) is 38.4 Å². The van der Waals surface area contributed by atoms with Gasteiger partial charge in [-0.25, -0.2) is 0 Å². The number of carbonyl (C=O) groups is 1. The van der Waals surface area contributed by atoms with Gasteiger partial charge in [-0.3, -0.25) is 14.3 Å². The van der Waals surface area contributed by atoms with Gasteiger partial charge in [0.15, 0.2) is 16.8 Å². The number of carbonyl (C=O) groups excluding carboxylic acids is 1. The van der Waals surface area contributed by atoms with Crippen molar-refractivity contribution in [2.75, 3.05) is 12.9 Å². The number of benzene rings is 2. The Hall–Kier alpha value is -3.49. The summed E-state index contributed by atoms with van der Waals surface area (Å²) in [6.07, 6.45) is 3.45. The van der Waals surface area contributed by atoms with E-state index in [-0.39, 0.29) is 11.5 Å². The number of nitrogens with zero attached hydrogens (tertiary/aromatic N) is 4. The molecule has 0 aliphatic rings. The Morgan fingerprint density at radius 2 is 1.79 bits per heavy atom. The van der Waals surface area contributed by atoms with Gasteiger partial charge < -0.3 is 4.74 Å². The lowest BCUT2D eigenvalue weighted by Crippen LogP contribution is -2.04. The highest BCUT2D eigenvalue weighted by molar-refractivity contribution is 7.99. The van der Waals surface area contributed by atoms with Gasteiger partial charge in [0.05, 0.1) is 17.7 Å². The summed E-state index contributed by atoms with van der Waals surface area (Å²) in [4.78, 5) is 18.0. The maximum atomic E-state index is 13.1. The van der Waals surface area contributed by atoms with Crippen LogP contribution in [-0.2, 0) is 0 Å². The zero-order valence-electron chi connectivity index (χ0n) is 18.1. The molecule has 2 aromatic carbocycles. The largest absolute Gasteiger partial charge is 0.497 e. The minimum Gasteiger partial charge on any atom is -0.497 e. The Morgan fingerprint density at radius 3 is 2.52 bits per heavy atom. The van der Waals surface area contributed by atoms with Crippen LogP contribution in [0, 0.1) is 6.92 Å². The maximum Gasteiger partial charge on any atom is 0.196 e. The van der Waals surface area contributed by atoms with Crippen LogP contribution in [0.25, 0.3) is 27.2 Å². The second kappa shape index (κ2) is 9.17. The van der Waals surface area contributed by atoms with E-state index in [1.807, 2.05) is 60.0 Å². The smallest absolute Gasteiger partial charge is 0.196 e. The van der Waals surface area contributed by atoms with Crippen LogP contribution in [0.5, 0.6) is 5.75 Å². The van der Waals surface area contributed by atoms with Gasteiger partial charge in [-0.05, 0) is 60.3 Å². The number of thiophene rings is 1. The number of ether oxygens (including phenoxy) is 1. The summed E-state index contributed by atoms with van der Waals surface area (Å²) < 4.78 is 8.39. The van der Waals surface area contributed by atoms with Gasteiger partial charge in [0.25, 0.3) is 0 Å². The number of thioether (sulfide) groups is 1. The number of aryl methyl sites for hydroxylation is 1. The summed E-state index contributed by atoms with van der Waals surface area (Å²) in [6.45, 7) is 2.01. The summed E-state index contributed by atoms with van der Waals surface area (Å²) in [5.41, 5.74) is 2.82. The van der Waals surface area contributed by atoms with E-state index in [4.69, 9.17) is 4.74 Å². The molecule has 3 heterocycles. The van der Waals surface area contributed by atoms with E-state index >= 15 is 0 Å². The van der Waals surface area contributed by atoms with Crippen molar-refractivity contribution in [1.29, 1.82) is 0 Å². The van der Waals surface area contributed by atoms with E-state index in [9.17, 15) is 4.79 Å². The van der Waals surface area contributed by atoms with Crippen LogP contribution in [0.4, 0.5) is 0 Å². The molecule has 5 aromatic rings. The van der Waals surface area contributed by atoms with Crippen molar-refractivity contribution >= 4 is 39.0 Å². The summed E-state index contributed by atoms with van der Waals surface area (Å²) in [5.74, 6) is 1.82. The van der Waals surface area contributed by atoms with E-state index in [1.54, 1.807) is 30.8 Å². The van der Waals surface area contributed by atoms with Gasteiger partial charge in [-0.15, -0.1) is 21.5 Å². The van der Waals surface area contributed by atoms with Crippen molar-refractivity contribution < 1.29 is 9.53 Å². The Kier molecular flexibility index (Phi) is 5.93. The molecule has 0 aliphatic carbocycles. The summed E-state index contributed by atoms with van der Waals surface area (Å²) >= 11 is 2.94. The van der Waals surface area contributed by atoms with Crippen molar-refractivity contribution in [1.82, 2.24) is 19.7 Å². The molecule has 0 bridgehead atoms. The lowest BCUT2D eigenvalue weighted by Gasteiger charge is -2.11. The van der Waals surface area contributed by atoms with E-state index < -0.39 is 0 Å². The Balaban J connectivity index is 1.48. The maximum absolute atomic E-state index is 13.1. The number of rotatable bonds is 7. The molecule has 33 heavy (non-hydrogen) atoms. The number of methoxy groups -OCH3 is 1. The van der Waals surface area contributed by atoms with E-state index in [2.05, 4.69) is 27.3 Å². The van der Waals surface area contributed by atoms with Crippen LogP contribution in [0.1, 0.15) is 15.2 Å². The first-order valence-electron chi connectivity index (χ1n) is 10.3. The minimum absolute atomic E-state index is 0.0912. The zero-order chi connectivity index (χ0) is 22.8. The standard InChI is InChI=1S/C25H20N4O2S2/c1-16-20-5-3-4-6-22(20)33-23(16)21(30)15-32-25-28-27-24(17-11-13-26-14-12-17)29(25)18-7-9-19(31-2)10-8-18/h3-14H,15H2,1-2H3. The van der Waals surface area contributed by atoms with Gasteiger partial charge in [-0.1, -0.05) is 30.0 Å². The quantitative estimate of drug-likeness (QED) is 0.219. The molecule has 0 atom stereocenters. The van der Waals surface area contributed by atoms with E-state index in [0.717, 1.165) is 37.5 Å². The predicted octanol–water partition coefficient (Wildman–Crippen LogP) is 5.84. The first kappa shape index (κ1) is 21.4. The highest BCUT2D eigenvalue weighted by atomic mass is 32.2. The van der Waals surface area contributed by atoms with Gasteiger partial charge >= 0.3 is 0 Å². The molecular formula is C25H20N4O2S2. The molecule has 8 heteroatoms. The molecule has 0 N–H and O–H groups in total. The highest BCUT2D eigenvalue weighted by Crippen LogP contribution is 2.33. The van der Waals surface area contributed by atoms with Crippen LogP contribution in [0.2, 0.25) is 0 Å². The lowest BCUT2D eigenvalue weighted by molar-refractivity contribution is 0.102. The van der Waals surface area contributed by atoms with E-state index in [0.29, 0.717) is 11.0 Å². The fourth-order valence-corrected chi connectivity index (χ4v) is 5.71. The number of aromatic nitrogens is 4. The third kappa shape index (κ3) is 4.15. The van der Waals surface area contributed by atoms with Crippen molar-refractivity contribution in [3.05, 3.63) is 83.5 Å². The van der Waals surface area contributed by atoms with Crippen LogP contribution in [0.15, 0.2) is 78.2 Å². The molecule has 0 aliphatic heterocycles. The second-order valence-corrected chi connectivity index (χ2v) is 9.33. The van der Waals surface area contributed by atoms with Gasteiger partial charge in [-0.2, -0.15) is 0 Å². The molecule has 0 radical (unpaired) electrons. The number of hydrogen-bond donors (Lipinski definition) is 0. The topological polar surface area (TPSA) is 69.9 Å². The summed E-state index contributed by atoms with van der Waals surface area (Å²) in [7, 11) is 1.64. The normalized spacial score (nSPS) is 11.1. The Bertz CT molecular complexity index is 1430. The van der Waals surface area contributed by atoms with Crippen molar-refractivity contribution in [2.24, 2.45) is 0 Å². The third-order valence-corrected chi connectivity index (χ3v) is 7.57. The van der Waals surface area contributed by atoms with Crippen LogP contribution < -0.4 is 4.74 Å². The molecule has 0 spiro atoms. The average molecular weight is 473 g/mol. The molecule has 0 saturated carbocycles. The number of Topliss-reactive ketones (excluding diaryl/α,β-unsaturated/α-hetero) is 1. The predicted molar refractivity (Wildman–Crippen MR) is 133 cm³/mol. The Labute approximate surface area is 199 Å². The fourth-order valence-electron chi connectivity index (χ4n) is 3.65. The first-order valence-corrected chi connectivity index (χ1v) is 12.1. The molecule has 6 nitrogen and oxygen atoms in total. The van der Waals surface area contributed by atoms with Crippen molar-refractivity contribution in [3.63, 3.8) is 0 Å². The van der Waals surface area contributed by atoms with Gasteiger partial charge in [0.2, 0.25) is 0 Å². The molecule has 0 amide bonds. The van der Waals surface area contributed by atoms with Crippen LogP contribution >= 0.6 is 23.1 Å². The monoisotopic (exact) mass is 472 g/mol. The molecule has 0 unspecified atom stereocenters. The fraction of sp³-hybridized carbons (Fsp3) is 0.120. The van der Waals surface area contributed by atoms with Crippen LogP contribution in [0.3, 0.4) is 0 Å². The van der Waals surface area contributed by atoms with Gasteiger partial charge in [0.1, 0.15) is 5.75 Å². The third-order valence-electron chi connectivity index (χ3n) is 5.33. The van der Waals surface area contributed by atoms with Crippen molar-refractivity contribution in [3.8, 4) is 22.8 Å². The summed E-state index contributed by atoms with van der Waals surface area (Å²) in [6, 6.07) is 19.6.